The van der Waals surface area contributed by atoms with Crippen LogP contribution in [0.4, 0.5) is 5.69 Å². The summed E-state index contributed by atoms with van der Waals surface area (Å²) in [6.07, 6.45) is 0.0261. The van der Waals surface area contributed by atoms with Gasteiger partial charge in [0.15, 0.2) is 0 Å². The highest BCUT2D eigenvalue weighted by Crippen LogP contribution is 2.26. The average Bonchev–Trinajstić information content (AvgIpc) is 2.94. The predicted molar refractivity (Wildman–Crippen MR) is 105 cm³/mol. The Hall–Kier alpha value is -2.88. The summed E-state index contributed by atoms with van der Waals surface area (Å²) in [6, 6.07) is 12.5. The van der Waals surface area contributed by atoms with Gasteiger partial charge < -0.3 is 10.4 Å². The van der Waals surface area contributed by atoms with Gasteiger partial charge >= 0.3 is 0 Å². The largest absolute Gasteiger partial charge is 0.492 e. The smallest absolute Gasteiger partial charge is 0.240 e. The maximum Gasteiger partial charge on any atom is 0.240 e. The van der Waals surface area contributed by atoms with Crippen LogP contribution in [0.15, 0.2) is 53.4 Å². The van der Waals surface area contributed by atoms with Crippen molar-refractivity contribution in [2.45, 2.75) is 18.2 Å². The average molecular weight is 421 g/mol. The van der Waals surface area contributed by atoms with E-state index in [1.807, 2.05) is 0 Å². The number of halogens is 1. The number of carbonyl (C=O) groups excluding carboxylic acids is 1. The molecule has 3 rings (SSSR count). The minimum atomic E-state index is -4.13. The number of aryl methyl sites for hydroxylation is 1. The lowest BCUT2D eigenvalue weighted by molar-refractivity contribution is -0.115. The third-order valence-electron chi connectivity index (χ3n) is 3.96. The van der Waals surface area contributed by atoms with E-state index < -0.39 is 10.0 Å². The maximum absolute atomic E-state index is 12.3. The van der Waals surface area contributed by atoms with E-state index in [2.05, 4.69) is 10.4 Å². The Balaban J connectivity index is 1.92. The Morgan fingerprint density at radius 1 is 1.25 bits per heavy atom. The number of rotatable bonds is 5. The van der Waals surface area contributed by atoms with Crippen molar-refractivity contribution >= 4 is 33.2 Å². The molecule has 3 aromatic rings. The van der Waals surface area contributed by atoms with Crippen molar-refractivity contribution in [1.82, 2.24) is 9.78 Å². The molecule has 146 valence electrons. The molecule has 0 spiro atoms. The molecule has 0 atom stereocenters. The van der Waals surface area contributed by atoms with Crippen LogP contribution < -0.4 is 10.5 Å². The molecule has 8 nitrogen and oxygen atoms in total. The molecule has 0 aliphatic rings. The topological polar surface area (TPSA) is 127 Å². The molecule has 1 aromatic heterocycles. The molecular weight excluding hydrogens is 404 g/mol. The van der Waals surface area contributed by atoms with E-state index in [4.69, 9.17) is 16.7 Å². The van der Waals surface area contributed by atoms with Crippen LogP contribution in [0.5, 0.6) is 5.88 Å². The molecule has 2 aromatic carbocycles. The molecule has 10 heteroatoms. The van der Waals surface area contributed by atoms with Crippen LogP contribution in [0.2, 0.25) is 5.02 Å². The highest BCUT2D eigenvalue weighted by atomic mass is 35.5. The Labute approximate surface area is 166 Å². The van der Waals surface area contributed by atoms with Crippen molar-refractivity contribution in [2.24, 2.45) is 5.14 Å². The fourth-order valence-corrected chi connectivity index (χ4v) is 3.66. The number of aromatic hydroxyl groups is 1. The normalized spacial score (nSPS) is 11.4. The van der Waals surface area contributed by atoms with Crippen LogP contribution in [0.1, 0.15) is 11.3 Å². The SMILES string of the molecule is Cc1cc(O)nn1-c1ccc(NC(=O)Cc2ccccc2Cl)cc1S(N)(=O)=O. The number of sulfonamides is 1. The van der Waals surface area contributed by atoms with Gasteiger partial charge in [0.25, 0.3) is 0 Å². The second kappa shape index (κ2) is 7.63. The van der Waals surface area contributed by atoms with Crippen molar-refractivity contribution in [3.63, 3.8) is 0 Å². The van der Waals surface area contributed by atoms with E-state index in [-0.39, 0.29) is 34.5 Å². The summed E-state index contributed by atoms with van der Waals surface area (Å²) < 4.78 is 25.4. The number of hydrogen-bond donors (Lipinski definition) is 3. The Morgan fingerprint density at radius 2 is 1.96 bits per heavy atom. The van der Waals surface area contributed by atoms with Gasteiger partial charge in [0.2, 0.25) is 21.8 Å². The van der Waals surface area contributed by atoms with Crippen molar-refractivity contribution in [3.05, 3.63) is 64.8 Å². The van der Waals surface area contributed by atoms with Crippen molar-refractivity contribution < 1.29 is 18.3 Å². The number of anilines is 1. The van der Waals surface area contributed by atoms with Gasteiger partial charge in [0.1, 0.15) is 4.90 Å². The van der Waals surface area contributed by atoms with Gasteiger partial charge in [-0.1, -0.05) is 29.8 Å². The van der Waals surface area contributed by atoms with Gasteiger partial charge in [0.05, 0.1) is 12.1 Å². The van der Waals surface area contributed by atoms with E-state index in [1.54, 1.807) is 31.2 Å². The van der Waals surface area contributed by atoms with Crippen LogP contribution in [-0.4, -0.2) is 29.2 Å². The number of aromatic nitrogens is 2. The van der Waals surface area contributed by atoms with Gasteiger partial charge in [-0.05, 0) is 36.8 Å². The maximum atomic E-state index is 12.3. The van der Waals surface area contributed by atoms with Gasteiger partial charge in [-0.25, -0.2) is 18.2 Å². The number of nitrogens with two attached hydrogens (primary N) is 1. The van der Waals surface area contributed by atoms with E-state index in [9.17, 15) is 18.3 Å². The van der Waals surface area contributed by atoms with Crippen LogP contribution in [-0.2, 0) is 21.2 Å². The molecule has 1 amide bonds. The molecule has 0 aliphatic heterocycles. The second-order valence-corrected chi connectivity index (χ2v) is 8.04. The van der Waals surface area contributed by atoms with Crippen molar-refractivity contribution in [2.75, 3.05) is 5.32 Å². The molecule has 4 N–H and O–H groups in total. The fourth-order valence-electron chi connectivity index (χ4n) is 2.72. The number of benzene rings is 2. The van der Waals surface area contributed by atoms with E-state index in [1.165, 1.54) is 28.9 Å². The minimum absolute atomic E-state index is 0.0261. The Kier molecular flexibility index (Phi) is 5.41. The number of primary sulfonamides is 1. The van der Waals surface area contributed by atoms with E-state index in [0.717, 1.165) is 0 Å². The predicted octanol–water partition coefficient (Wildman–Crippen LogP) is 2.37. The second-order valence-electron chi connectivity index (χ2n) is 6.10. The molecule has 0 saturated carbocycles. The third kappa shape index (κ3) is 4.33. The van der Waals surface area contributed by atoms with Gasteiger partial charge in [-0.3, -0.25) is 4.79 Å². The van der Waals surface area contributed by atoms with Crippen molar-refractivity contribution in [3.8, 4) is 11.6 Å². The summed E-state index contributed by atoms with van der Waals surface area (Å²) in [7, 11) is -4.13. The molecular formula is C18H17ClN4O4S. The summed E-state index contributed by atoms with van der Waals surface area (Å²) in [6.45, 7) is 1.65. The third-order valence-corrected chi connectivity index (χ3v) is 5.27. The summed E-state index contributed by atoms with van der Waals surface area (Å²) in [5, 5.41) is 21.8. The number of nitrogens with zero attached hydrogens (tertiary/aromatic N) is 2. The quantitative estimate of drug-likeness (QED) is 0.583. The lowest BCUT2D eigenvalue weighted by Gasteiger charge is -2.12. The molecule has 0 saturated heterocycles. The first-order chi connectivity index (χ1) is 13.1. The Bertz CT molecular complexity index is 1160. The lowest BCUT2D eigenvalue weighted by Crippen LogP contribution is -2.18. The zero-order chi connectivity index (χ0) is 20.5. The summed E-state index contributed by atoms with van der Waals surface area (Å²) >= 11 is 6.06. The number of amides is 1. The van der Waals surface area contributed by atoms with Crippen LogP contribution in [0.3, 0.4) is 0 Å². The molecule has 1 heterocycles. The number of hydrogen-bond acceptors (Lipinski definition) is 5. The highest BCUT2D eigenvalue weighted by Gasteiger charge is 2.19. The molecule has 0 fully saturated rings. The van der Waals surface area contributed by atoms with Crippen LogP contribution in [0.25, 0.3) is 5.69 Å². The monoisotopic (exact) mass is 420 g/mol. The summed E-state index contributed by atoms with van der Waals surface area (Å²) in [5.41, 5.74) is 1.56. The Morgan fingerprint density at radius 3 is 2.57 bits per heavy atom. The summed E-state index contributed by atoms with van der Waals surface area (Å²) in [5.74, 6) is -0.621. The van der Waals surface area contributed by atoms with E-state index >= 15 is 0 Å². The highest BCUT2D eigenvalue weighted by molar-refractivity contribution is 7.89. The van der Waals surface area contributed by atoms with Crippen molar-refractivity contribution in [1.29, 1.82) is 0 Å². The zero-order valence-electron chi connectivity index (χ0n) is 14.8. The van der Waals surface area contributed by atoms with Gasteiger partial charge in [-0.15, -0.1) is 5.10 Å². The molecule has 28 heavy (non-hydrogen) atoms. The first-order valence-corrected chi connectivity index (χ1v) is 10.0. The molecule has 0 unspecified atom stereocenters. The van der Waals surface area contributed by atoms with Gasteiger partial charge in [-0.2, -0.15) is 0 Å². The number of nitrogens with one attached hydrogen (secondary N) is 1. The molecule has 0 radical (unpaired) electrons. The standard InChI is InChI=1S/C18H17ClN4O4S/c1-11-8-18(25)22-23(11)15-7-6-13(10-16(15)28(20,26)27)21-17(24)9-12-4-2-3-5-14(12)19/h2-8,10H,9H2,1H3,(H,21,24)(H,22,25)(H2,20,26,27). The van der Waals surface area contributed by atoms with Crippen LogP contribution in [0, 0.1) is 6.92 Å². The number of carbonyl (C=O) groups is 1. The van der Waals surface area contributed by atoms with Crippen LogP contribution >= 0.6 is 11.6 Å². The molecule has 0 bridgehead atoms. The zero-order valence-corrected chi connectivity index (χ0v) is 16.3. The van der Waals surface area contributed by atoms with Gasteiger partial charge in [0, 0.05) is 22.5 Å². The fraction of sp³-hybridized carbons (Fsp3) is 0.111. The minimum Gasteiger partial charge on any atom is -0.492 e. The first kappa shape index (κ1) is 19.9. The lowest BCUT2D eigenvalue weighted by atomic mass is 10.1. The summed E-state index contributed by atoms with van der Waals surface area (Å²) in [4.78, 5) is 12.1. The molecule has 0 aliphatic carbocycles. The van der Waals surface area contributed by atoms with E-state index in [0.29, 0.717) is 16.3 Å². The first-order valence-electron chi connectivity index (χ1n) is 8.11.